The van der Waals surface area contributed by atoms with E-state index in [0.29, 0.717) is 17.5 Å². The van der Waals surface area contributed by atoms with Crippen molar-refractivity contribution in [2.75, 3.05) is 0 Å². The normalized spacial score (nSPS) is 40.8. The lowest BCUT2D eigenvalue weighted by atomic mass is 9.47. The molecule has 0 amide bonds. The Morgan fingerprint density at radius 3 is 2.09 bits per heavy atom. The summed E-state index contributed by atoms with van der Waals surface area (Å²) in [6, 6.07) is 1.22. The van der Waals surface area contributed by atoms with Crippen LogP contribution in [-0.2, 0) is 0 Å². The van der Waals surface area contributed by atoms with Crippen LogP contribution >= 0.6 is 12.2 Å². The molecule has 0 spiro atoms. The van der Waals surface area contributed by atoms with Gasteiger partial charge in [0, 0.05) is 12.1 Å². The Kier molecular flexibility index (Phi) is 4.60. The predicted octanol–water partition coefficient (Wildman–Crippen LogP) is 4.78. The second-order valence-electron chi connectivity index (χ2n) is 9.19. The number of thiocarbonyl (C=S) groups is 1. The smallest absolute Gasteiger partial charge is 0.166 e. The summed E-state index contributed by atoms with van der Waals surface area (Å²) >= 11 is 5.71. The predicted molar refractivity (Wildman–Crippen MR) is 100 cm³/mol. The van der Waals surface area contributed by atoms with Crippen molar-refractivity contribution < 1.29 is 0 Å². The first-order valence-corrected chi connectivity index (χ1v) is 10.6. The fourth-order valence-electron chi connectivity index (χ4n) is 6.92. The number of rotatable bonds is 4. The minimum absolute atomic E-state index is 0.557. The Hall–Kier alpha value is -0.310. The maximum atomic E-state index is 5.71. The molecular formula is C20H34N2S. The van der Waals surface area contributed by atoms with Crippen molar-refractivity contribution in [3.8, 4) is 0 Å². The summed E-state index contributed by atoms with van der Waals surface area (Å²) in [5.74, 6) is 3.07. The van der Waals surface area contributed by atoms with Gasteiger partial charge in [0.1, 0.15) is 0 Å². The lowest BCUT2D eigenvalue weighted by molar-refractivity contribution is -0.0711. The van der Waals surface area contributed by atoms with E-state index in [-0.39, 0.29) is 0 Å². The van der Waals surface area contributed by atoms with Gasteiger partial charge in [0.25, 0.3) is 0 Å². The number of hydrogen-bond acceptors (Lipinski definition) is 1. The first-order chi connectivity index (χ1) is 11.2. The molecule has 1 atom stereocenters. The molecule has 0 aromatic heterocycles. The Labute approximate surface area is 147 Å². The van der Waals surface area contributed by atoms with Crippen molar-refractivity contribution in [1.29, 1.82) is 0 Å². The summed E-state index contributed by atoms with van der Waals surface area (Å²) in [7, 11) is 0. The van der Waals surface area contributed by atoms with E-state index in [4.69, 9.17) is 12.2 Å². The Morgan fingerprint density at radius 1 is 1.00 bits per heavy atom. The second-order valence-corrected chi connectivity index (χ2v) is 9.60. The molecule has 5 saturated carbocycles. The second kappa shape index (κ2) is 6.54. The molecule has 0 aromatic carbocycles. The van der Waals surface area contributed by atoms with Crippen LogP contribution in [0.15, 0.2) is 0 Å². The highest BCUT2D eigenvalue weighted by Crippen LogP contribution is 2.61. The molecule has 0 radical (unpaired) electrons. The van der Waals surface area contributed by atoms with E-state index < -0.39 is 0 Å². The van der Waals surface area contributed by atoms with Gasteiger partial charge in [-0.25, -0.2) is 0 Å². The quantitative estimate of drug-likeness (QED) is 0.724. The van der Waals surface area contributed by atoms with Gasteiger partial charge in [-0.2, -0.15) is 0 Å². The average molecular weight is 335 g/mol. The molecule has 0 saturated heterocycles. The van der Waals surface area contributed by atoms with Crippen LogP contribution in [0, 0.1) is 23.2 Å². The van der Waals surface area contributed by atoms with Crippen molar-refractivity contribution in [2.45, 2.75) is 96.1 Å². The minimum Gasteiger partial charge on any atom is -0.360 e. The largest absolute Gasteiger partial charge is 0.360 e. The SMILES string of the molecule is CCC(NC(=S)NC1CCCCC1)C12CC3CC(CC(C3)C1)C2. The summed E-state index contributed by atoms with van der Waals surface area (Å²) in [6.45, 7) is 2.36. The lowest BCUT2D eigenvalue weighted by Gasteiger charge is -2.59. The number of hydrogen-bond donors (Lipinski definition) is 2. The van der Waals surface area contributed by atoms with Gasteiger partial charge in [0.15, 0.2) is 5.11 Å². The van der Waals surface area contributed by atoms with Crippen LogP contribution in [0.25, 0.3) is 0 Å². The molecule has 4 bridgehead atoms. The highest BCUT2D eigenvalue weighted by atomic mass is 32.1. The van der Waals surface area contributed by atoms with Gasteiger partial charge in [-0.15, -0.1) is 0 Å². The zero-order valence-corrected chi connectivity index (χ0v) is 15.6. The summed E-state index contributed by atoms with van der Waals surface area (Å²) < 4.78 is 0. The van der Waals surface area contributed by atoms with E-state index in [1.807, 2.05) is 0 Å². The monoisotopic (exact) mass is 334 g/mol. The van der Waals surface area contributed by atoms with E-state index in [1.54, 1.807) is 0 Å². The molecule has 0 heterocycles. The Balaban J connectivity index is 1.39. The van der Waals surface area contributed by atoms with E-state index in [1.165, 1.54) is 77.0 Å². The van der Waals surface area contributed by atoms with Crippen molar-refractivity contribution >= 4 is 17.3 Å². The highest BCUT2D eigenvalue weighted by molar-refractivity contribution is 7.80. The van der Waals surface area contributed by atoms with Crippen molar-refractivity contribution in [1.82, 2.24) is 10.6 Å². The number of nitrogens with one attached hydrogen (secondary N) is 2. The van der Waals surface area contributed by atoms with Crippen LogP contribution in [0.5, 0.6) is 0 Å². The van der Waals surface area contributed by atoms with E-state index in [2.05, 4.69) is 17.6 Å². The molecule has 5 aliphatic carbocycles. The zero-order chi connectivity index (χ0) is 15.9. The molecule has 5 aliphatic rings. The van der Waals surface area contributed by atoms with Gasteiger partial charge in [0.05, 0.1) is 0 Å². The van der Waals surface area contributed by atoms with E-state index >= 15 is 0 Å². The molecule has 0 aliphatic heterocycles. The minimum atomic E-state index is 0.557. The van der Waals surface area contributed by atoms with Gasteiger partial charge >= 0.3 is 0 Å². The van der Waals surface area contributed by atoms with Gasteiger partial charge in [0.2, 0.25) is 0 Å². The molecule has 23 heavy (non-hydrogen) atoms. The van der Waals surface area contributed by atoms with Crippen molar-refractivity contribution in [3.63, 3.8) is 0 Å². The fourth-order valence-corrected chi connectivity index (χ4v) is 7.23. The molecule has 2 N–H and O–H groups in total. The van der Waals surface area contributed by atoms with Gasteiger partial charge < -0.3 is 10.6 Å². The maximum Gasteiger partial charge on any atom is 0.166 e. The van der Waals surface area contributed by atoms with Crippen LogP contribution in [0.2, 0.25) is 0 Å². The molecule has 3 heteroatoms. The topological polar surface area (TPSA) is 24.1 Å². The van der Waals surface area contributed by atoms with Crippen molar-refractivity contribution in [2.24, 2.45) is 23.2 Å². The molecule has 5 fully saturated rings. The average Bonchev–Trinajstić information content (AvgIpc) is 2.52. The van der Waals surface area contributed by atoms with E-state index in [0.717, 1.165) is 22.9 Å². The zero-order valence-electron chi connectivity index (χ0n) is 14.8. The van der Waals surface area contributed by atoms with Gasteiger partial charge in [-0.1, -0.05) is 26.2 Å². The van der Waals surface area contributed by atoms with Crippen molar-refractivity contribution in [3.05, 3.63) is 0 Å². The van der Waals surface area contributed by atoms with Crippen LogP contribution in [-0.4, -0.2) is 17.2 Å². The highest BCUT2D eigenvalue weighted by Gasteiger charge is 2.53. The summed E-state index contributed by atoms with van der Waals surface area (Å²) in [6.07, 6.45) is 17.0. The first kappa shape index (κ1) is 16.2. The maximum absolute atomic E-state index is 5.71. The lowest BCUT2D eigenvalue weighted by Crippen LogP contribution is -2.58. The van der Waals surface area contributed by atoms with Gasteiger partial charge in [-0.05, 0) is 93.2 Å². The van der Waals surface area contributed by atoms with Crippen LogP contribution in [0.3, 0.4) is 0 Å². The summed E-state index contributed by atoms with van der Waals surface area (Å²) in [5.41, 5.74) is 0.557. The molecule has 130 valence electrons. The molecule has 1 unspecified atom stereocenters. The third-order valence-electron chi connectivity index (χ3n) is 7.48. The third-order valence-corrected chi connectivity index (χ3v) is 7.71. The van der Waals surface area contributed by atoms with Gasteiger partial charge in [-0.3, -0.25) is 0 Å². The third kappa shape index (κ3) is 3.27. The first-order valence-electron chi connectivity index (χ1n) is 10.2. The fraction of sp³-hybridized carbons (Fsp3) is 0.950. The molecule has 2 nitrogen and oxygen atoms in total. The Bertz CT molecular complexity index is 406. The van der Waals surface area contributed by atoms with Crippen LogP contribution < -0.4 is 10.6 Å². The van der Waals surface area contributed by atoms with Crippen LogP contribution in [0.1, 0.15) is 84.0 Å². The van der Waals surface area contributed by atoms with Crippen LogP contribution in [0.4, 0.5) is 0 Å². The molecule has 5 rings (SSSR count). The van der Waals surface area contributed by atoms with E-state index in [9.17, 15) is 0 Å². The summed E-state index contributed by atoms with van der Waals surface area (Å²) in [5, 5.41) is 8.37. The Morgan fingerprint density at radius 2 is 1.57 bits per heavy atom. The molecular weight excluding hydrogens is 300 g/mol. The standard InChI is InChI=1S/C20H34N2S/c1-2-18(22-19(23)21-17-6-4-3-5-7-17)20-11-14-8-15(12-20)10-16(9-14)13-20/h14-18H,2-13H2,1H3,(H2,21,22,23). The molecule has 0 aromatic rings. The summed E-state index contributed by atoms with van der Waals surface area (Å²) in [4.78, 5) is 0.